The molecule has 1 heterocycles. The molecule has 0 bridgehead atoms. The van der Waals surface area contributed by atoms with Gasteiger partial charge in [-0.15, -0.1) is 0 Å². The number of aryl methyl sites for hydroxylation is 2. The van der Waals surface area contributed by atoms with Gasteiger partial charge in [0.05, 0.1) is 4.90 Å². The van der Waals surface area contributed by atoms with E-state index in [2.05, 4.69) is 58.5 Å². The van der Waals surface area contributed by atoms with E-state index in [1.54, 1.807) is 18.0 Å². The van der Waals surface area contributed by atoms with Gasteiger partial charge in [0.1, 0.15) is 5.82 Å². The molecule has 0 saturated heterocycles. The van der Waals surface area contributed by atoms with Crippen LogP contribution in [-0.4, -0.2) is 9.97 Å². The third-order valence-electron chi connectivity index (χ3n) is 2.74. The van der Waals surface area contributed by atoms with E-state index in [0.717, 1.165) is 11.3 Å². The summed E-state index contributed by atoms with van der Waals surface area (Å²) >= 11 is 3.93. The maximum Gasteiger partial charge on any atom is 0.221 e. The Morgan fingerprint density at radius 3 is 2.63 bits per heavy atom. The summed E-state index contributed by atoms with van der Waals surface area (Å²) in [6, 6.07) is 4.40. The number of nitrogens with zero attached hydrogens (tertiary/aromatic N) is 2. The molecule has 4 N–H and O–H groups in total. The zero-order valence-corrected chi connectivity index (χ0v) is 13.7. The molecule has 0 atom stereocenters. The van der Waals surface area contributed by atoms with Gasteiger partial charge in [-0.25, -0.2) is 4.98 Å². The number of nitrogen functional groups attached to an aromatic ring is 2. The first-order valence-electron chi connectivity index (χ1n) is 5.86. The van der Waals surface area contributed by atoms with Gasteiger partial charge in [0.15, 0.2) is 0 Å². The lowest BCUT2D eigenvalue weighted by molar-refractivity contribution is 1.06. The van der Waals surface area contributed by atoms with Gasteiger partial charge in [0.2, 0.25) is 5.95 Å². The van der Waals surface area contributed by atoms with E-state index < -0.39 is 0 Å². The first-order chi connectivity index (χ1) is 9.01. The third kappa shape index (κ3) is 3.30. The lowest BCUT2D eigenvalue weighted by Crippen LogP contribution is -2.00. The average molecular weight is 386 g/mol. The number of rotatable bonds is 3. The molecule has 6 heteroatoms. The Kier molecular flexibility index (Phi) is 4.51. The Bertz CT molecular complexity index is 616. The largest absolute Gasteiger partial charge is 0.383 e. The van der Waals surface area contributed by atoms with Gasteiger partial charge in [-0.3, -0.25) is 0 Å². The maximum atomic E-state index is 5.87. The van der Waals surface area contributed by atoms with Crippen LogP contribution in [0.5, 0.6) is 0 Å². The topological polar surface area (TPSA) is 77.8 Å². The number of nitrogens with two attached hydrogens (primary N) is 2. The van der Waals surface area contributed by atoms with E-state index in [0.29, 0.717) is 5.82 Å². The molecule has 0 aliphatic rings. The SMILES string of the molecule is CCc1cc(C)c(I)cc1Sc1cnc(N)nc1N. The monoisotopic (exact) mass is 386 g/mol. The highest BCUT2D eigenvalue weighted by Gasteiger charge is 2.10. The van der Waals surface area contributed by atoms with Crippen molar-refractivity contribution in [3.8, 4) is 0 Å². The second-order valence-electron chi connectivity index (χ2n) is 4.14. The van der Waals surface area contributed by atoms with Crippen LogP contribution < -0.4 is 11.5 Å². The standard InChI is InChI=1S/C13H15IN4S/c1-3-8-4-7(2)9(14)5-10(8)19-11-6-17-13(16)18-12(11)15/h4-6H,3H2,1-2H3,(H4,15,16,17,18). The summed E-state index contributed by atoms with van der Waals surface area (Å²) in [4.78, 5) is 10.0. The molecule has 2 rings (SSSR count). The Labute approximate surface area is 130 Å². The molecule has 4 nitrogen and oxygen atoms in total. The number of halogens is 1. The molecule has 0 fully saturated rings. The predicted octanol–water partition coefficient (Wildman–Crippen LogP) is 3.27. The summed E-state index contributed by atoms with van der Waals surface area (Å²) in [6.45, 7) is 4.27. The molecule has 1 aromatic heterocycles. The Morgan fingerprint density at radius 1 is 1.26 bits per heavy atom. The maximum absolute atomic E-state index is 5.87. The van der Waals surface area contributed by atoms with Crippen LogP contribution in [0.25, 0.3) is 0 Å². The predicted molar refractivity (Wildman–Crippen MR) is 88.3 cm³/mol. The van der Waals surface area contributed by atoms with Crippen LogP contribution in [0.2, 0.25) is 0 Å². The first kappa shape index (κ1) is 14.4. The van der Waals surface area contributed by atoms with Crippen molar-refractivity contribution in [2.75, 3.05) is 11.5 Å². The summed E-state index contributed by atoms with van der Waals surface area (Å²) < 4.78 is 1.24. The van der Waals surface area contributed by atoms with Gasteiger partial charge in [-0.2, -0.15) is 4.98 Å². The van der Waals surface area contributed by atoms with Crippen molar-refractivity contribution >= 4 is 46.1 Å². The van der Waals surface area contributed by atoms with Crippen molar-refractivity contribution in [1.82, 2.24) is 9.97 Å². The minimum absolute atomic E-state index is 0.205. The molecule has 0 radical (unpaired) electrons. The van der Waals surface area contributed by atoms with E-state index in [-0.39, 0.29) is 5.95 Å². The molecule has 0 saturated carbocycles. The molecule has 0 spiro atoms. The van der Waals surface area contributed by atoms with Gasteiger partial charge in [0.25, 0.3) is 0 Å². The van der Waals surface area contributed by atoms with Crippen LogP contribution in [0.4, 0.5) is 11.8 Å². The summed E-state index contributed by atoms with van der Waals surface area (Å²) in [6.07, 6.45) is 2.66. The van der Waals surface area contributed by atoms with Crippen molar-refractivity contribution in [2.24, 2.45) is 0 Å². The quantitative estimate of drug-likeness (QED) is 0.792. The van der Waals surface area contributed by atoms with Gasteiger partial charge >= 0.3 is 0 Å². The molecule has 0 amide bonds. The van der Waals surface area contributed by atoms with Crippen molar-refractivity contribution < 1.29 is 0 Å². The van der Waals surface area contributed by atoms with Gasteiger partial charge in [-0.1, -0.05) is 24.8 Å². The van der Waals surface area contributed by atoms with Gasteiger partial charge in [0, 0.05) is 14.7 Å². The highest BCUT2D eigenvalue weighted by Crippen LogP contribution is 2.35. The summed E-state index contributed by atoms with van der Waals surface area (Å²) in [5.74, 6) is 0.631. The van der Waals surface area contributed by atoms with Crippen molar-refractivity contribution in [1.29, 1.82) is 0 Å². The molecule has 0 unspecified atom stereocenters. The van der Waals surface area contributed by atoms with Crippen LogP contribution >= 0.6 is 34.4 Å². The van der Waals surface area contributed by atoms with Crippen molar-refractivity contribution in [3.63, 3.8) is 0 Å². The lowest BCUT2D eigenvalue weighted by atomic mass is 10.1. The van der Waals surface area contributed by atoms with E-state index in [4.69, 9.17) is 11.5 Å². The zero-order valence-electron chi connectivity index (χ0n) is 10.8. The summed E-state index contributed by atoms with van der Waals surface area (Å²) in [5.41, 5.74) is 14.0. The number of hydrogen-bond donors (Lipinski definition) is 2. The molecular weight excluding hydrogens is 371 g/mol. The molecule has 2 aromatic rings. The van der Waals surface area contributed by atoms with E-state index in [1.807, 2.05) is 0 Å². The fraction of sp³-hybridized carbons (Fsp3) is 0.231. The van der Waals surface area contributed by atoms with Gasteiger partial charge in [-0.05, 0) is 53.1 Å². The number of aromatic nitrogens is 2. The number of benzene rings is 1. The minimum Gasteiger partial charge on any atom is -0.383 e. The van der Waals surface area contributed by atoms with Crippen LogP contribution in [0, 0.1) is 10.5 Å². The molecule has 0 aliphatic carbocycles. The third-order valence-corrected chi connectivity index (χ3v) is 5.04. The fourth-order valence-electron chi connectivity index (χ4n) is 1.69. The highest BCUT2D eigenvalue weighted by atomic mass is 127. The fourth-order valence-corrected chi connectivity index (χ4v) is 3.37. The zero-order chi connectivity index (χ0) is 14.0. The molecule has 19 heavy (non-hydrogen) atoms. The Balaban J connectivity index is 2.40. The summed E-state index contributed by atoms with van der Waals surface area (Å²) in [5, 5.41) is 0. The highest BCUT2D eigenvalue weighted by molar-refractivity contribution is 14.1. The molecule has 0 aliphatic heterocycles. The minimum atomic E-state index is 0.205. The smallest absolute Gasteiger partial charge is 0.221 e. The van der Waals surface area contributed by atoms with Crippen molar-refractivity contribution in [2.45, 2.75) is 30.1 Å². The van der Waals surface area contributed by atoms with Gasteiger partial charge < -0.3 is 11.5 Å². The van der Waals surface area contributed by atoms with Crippen LogP contribution in [0.1, 0.15) is 18.1 Å². The Hall–Kier alpha value is -1.02. The molecular formula is C13H15IN4S. The molecule has 1 aromatic carbocycles. The average Bonchev–Trinajstić information content (AvgIpc) is 2.36. The van der Waals surface area contributed by atoms with E-state index in [1.165, 1.54) is 19.6 Å². The Morgan fingerprint density at radius 2 is 2.00 bits per heavy atom. The van der Waals surface area contributed by atoms with Crippen LogP contribution in [0.3, 0.4) is 0 Å². The number of anilines is 2. The van der Waals surface area contributed by atoms with E-state index >= 15 is 0 Å². The normalized spacial score (nSPS) is 10.7. The van der Waals surface area contributed by atoms with Crippen LogP contribution in [0.15, 0.2) is 28.1 Å². The van der Waals surface area contributed by atoms with E-state index in [9.17, 15) is 0 Å². The lowest BCUT2D eigenvalue weighted by Gasteiger charge is -2.11. The first-order valence-corrected chi connectivity index (χ1v) is 7.75. The second-order valence-corrected chi connectivity index (χ2v) is 6.39. The van der Waals surface area contributed by atoms with Crippen molar-refractivity contribution in [3.05, 3.63) is 33.0 Å². The molecule has 100 valence electrons. The number of hydrogen-bond acceptors (Lipinski definition) is 5. The summed E-state index contributed by atoms with van der Waals surface area (Å²) in [7, 11) is 0. The second kappa shape index (κ2) is 5.96. The van der Waals surface area contributed by atoms with Crippen LogP contribution in [-0.2, 0) is 6.42 Å².